The highest BCUT2D eigenvalue weighted by atomic mass is 35.5. The standard InChI is InChI=1S/C11H8Cl2N2S/c12-8-1-3-9(4-2-8)16-7-11-14-6-5-10(13)15-11/h1-6H,7H2. The van der Waals surface area contributed by atoms with Gasteiger partial charge in [-0.3, -0.25) is 0 Å². The quantitative estimate of drug-likeness (QED) is 0.621. The molecule has 2 aromatic rings. The van der Waals surface area contributed by atoms with Gasteiger partial charge in [-0.25, -0.2) is 9.97 Å². The lowest BCUT2D eigenvalue weighted by atomic mass is 10.4. The van der Waals surface area contributed by atoms with Crippen LogP contribution >= 0.6 is 35.0 Å². The van der Waals surface area contributed by atoms with Gasteiger partial charge in [0, 0.05) is 16.1 Å². The third-order valence-corrected chi connectivity index (χ3v) is 3.32. The second-order valence-corrected chi connectivity index (χ2v) is 4.91. The molecular weight excluding hydrogens is 263 g/mol. The Morgan fingerprint density at radius 1 is 1.06 bits per heavy atom. The molecule has 1 aromatic carbocycles. The van der Waals surface area contributed by atoms with Crippen LogP contribution in [0.5, 0.6) is 0 Å². The number of thioether (sulfide) groups is 1. The largest absolute Gasteiger partial charge is 0.240 e. The van der Waals surface area contributed by atoms with E-state index in [9.17, 15) is 0 Å². The summed E-state index contributed by atoms with van der Waals surface area (Å²) >= 11 is 13.2. The molecule has 0 amide bonds. The Bertz CT molecular complexity index is 474. The van der Waals surface area contributed by atoms with Crippen molar-refractivity contribution in [3.8, 4) is 0 Å². The van der Waals surface area contributed by atoms with Crippen molar-refractivity contribution in [2.75, 3.05) is 0 Å². The lowest BCUT2D eigenvalue weighted by Crippen LogP contribution is -1.91. The zero-order chi connectivity index (χ0) is 11.4. The van der Waals surface area contributed by atoms with Crippen molar-refractivity contribution in [1.82, 2.24) is 9.97 Å². The summed E-state index contributed by atoms with van der Waals surface area (Å²) in [7, 11) is 0. The van der Waals surface area contributed by atoms with Gasteiger partial charge >= 0.3 is 0 Å². The number of halogens is 2. The summed E-state index contributed by atoms with van der Waals surface area (Å²) in [6, 6.07) is 9.33. The number of hydrogen-bond donors (Lipinski definition) is 0. The zero-order valence-electron chi connectivity index (χ0n) is 8.23. The summed E-state index contributed by atoms with van der Waals surface area (Å²) in [6.07, 6.45) is 1.66. The summed E-state index contributed by atoms with van der Waals surface area (Å²) in [4.78, 5) is 9.38. The highest BCUT2D eigenvalue weighted by molar-refractivity contribution is 7.98. The van der Waals surface area contributed by atoms with E-state index >= 15 is 0 Å². The maximum atomic E-state index is 5.80. The molecule has 0 aliphatic rings. The van der Waals surface area contributed by atoms with Crippen molar-refractivity contribution in [3.05, 3.63) is 52.5 Å². The Morgan fingerprint density at radius 2 is 1.81 bits per heavy atom. The maximum Gasteiger partial charge on any atom is 0.140 e. The van der Waals surface area contributed by atoms with Crippen LogP contribution in [0, 0.1) is 0 Å². The van der Waals surface area contributed by atoms with Crippen LogP contribution in [-0.2, 0) is 5.75 Å². The first kappa shape index (κ1) is 11.7. The van der Waals surface area contributed by atoms with E-state index in [4.69, 9.17) is 23.2 Å². The van der Waals surface area contributed by atoms with Gasteiger partial charge in [0.15, 0.2) is 0 Å². The molecule has 0 fully saturated rings. The highest BCUT2D eigenvalue weighted by Gasteiger charge is 1.99. The number of hydrogen-bond acceptors (Lipinski definition) is 3. The molecule has 0 aliphatic carbocycles. The normalized spacial score (nSPS) is 10.4. The predicted octanol–water partition coefficient (Wildman–Crippen LogP) is 4.08. The first-order valence-electron chi connectivity index (χ1n) is 4.60. The lowest BCUT2D eigenvalue weighted by molar-refractivity contribution is 1.03. The number of benzene rings is 1. The van der Waals surface area contributed by atoms with Gasteiger partial charge < -0.3 is 0 Å². The molecule has 0 atom stereocenters. The minimum absolute atomic E-state index is 0.474. The van der Waals surface area contributed by atoms with E-state index in [0.717, 1.165) is 15.7 Å². The van der Waals surface area contributed by atoms with Gasteiger partial charge in [0.2, 0.25) is 0 Å². The highest BCUT2D eigenvalue weighted by Crippen LogP contribution is 2.23. The van der Waals surface area contributed by atoms with Crippen LogP contribution in [0.3, 0.4) is 0 Å². The van der Waals surface area contributed by atoms with Gasteiger partial charge in [0.1, 0.15) is 11.0 Å². The molecule has 1 aromatic heterocycles. The van der Waals surface area contributed by atoms with E-state index in [1.54, 1.807) is 24.0 Å². The van der Waals surface area contributed by atoms with E-state index in [2.05, 4.69) is 9.97 Å². The third-order valence-electron chi connectivity index (χ3n) is 1.85. The maximum absolute atomic E-state index is 5.80. The van der Waals surface area contributed by atoms with Gasteiger partial charge in [0.25, 0.3) is 0 Å². The summed E-state index contributed by atoms with van der Waals surface area (Å²) in [5.74, 6) is 1.43. The van der Waals surface area contributed by atoms with E-state index in [1.807, 2.05) is 24.3 Å². The Morgan fingerprint density at radius 3 is 2.50 bits per heavy atom. The van der Waals surface area contributed by atoms with Crippen LogP contribution in [0.4, 0.5) is 0 Å². The molecule has 0 unspecified atom stereocenters. The molecule has 0 saturated carbocycles. The third kappa shape index (κ3) is 3.37. The summed E-state index contributed by atoms with van der Waals surface area (Å²) in [5, 5.41) is 1.21. The Balaban J connectivity index is 1.99. The molecule has 5 heteroatoms. The van der Waals surface area contributed by atoms with E-state index in [1.165, 1.54) is 0 Å². The fraction of sp³-hybridized carbons (Fsp3) is 0.0909. The minimum atomic E-state index is 0.474. The Kier molecular flexibility index (Phi) is 4.04. The summed E-state index contributed by atoms with van der Waals surface area (Å²) < 4.78 is 0. The van der Waals surface area contributed by atoms with Crippen LogP contribution < -0.4 is 0 Å². The second kappa shape index (κ2) is 5.53. The molecule has 1 heterocycles. The van der Waals surface area contributed by atoms with E-state index in [-0.39, 0.29) is 0 Å². The molecule has 0 spiro atoms. The van der Waals surface area contributed by atoms with Crippen molar-refractivity contribution in [2.45, 2.75) is 10.6 Å². The topological polar surface area (TPSA) is 25.8 Å². The monoisotopic (exact) mass is 270 g/mol. The number of nitrogens with zero attached hydrogens (tertiary/aromatic N) is 2. The van der Waals surface area contributed by atoms with Crippen LogP contribution in [0.25, 0.3) is 0 Å². The van der Waals surface area contributed by atoms with E-state index < -0.39 is 0 Å². The minimum Gasteiger partial charge on any atom is -0.240 e. The first-order chi connectivity index (χ1) is 7.74. The molecule has 16 heavy (non-hydrogen) atoms. The number of rotatable bonds is 3. The molecule has 0 N–H and O–H groups in total. The first-order valence-corrected chi connectivity index (χ1v) is 6.34. The van der Waals surface area contributed by atoms with E-state index in [0.29, 0.717) is 10.9 Å². The predicted molar refractivity (Wildman–Crippen MR) is 68.1 cm³/mol. The van der Waals surface area contributed by atoms with Crippen LogP contribution in [0.1, 0.15) is 5.82 Å². The van der Waals surface area contributed by atoms with Crippen LogP contribution in [-0.4, -0.2) is 9.97 Å². The molecule has 2 rings (SSSR count). The van der Waals surface area contributed by atoms with Gasteiger partial charge in [-0.1, -0.05) is 23.2 Å². The van der Waals surface area contributed by atoms with Crippen molar-refractivity contribution >= 4 is 35.0 Å². The van der Waals surface area contributed by atoms with Crippen molar-refractivity contribution < 1.29 is 0 Å². The van der Waals surface area contributed by atoms with Gasteiger partial charge in [-0.15, -0.1) is 11.8 Å². The average Bonchev–Trinajstić information content (AvgIpc) is 2.28. The summed E-state index contributed by atoms with van der Waals surface area (Å²) in [5.41, 5.74) is 0. The van der Waals surface area contributed by atoms with Gasteiger partial charge in [-0.2, -0.15) is 0 Å². The van der Waals surface area contributed by atoms with Gasteiger partial charge in [-0.05, 0) is 30.3 Å². The molecule has 0 aliphatic heterocycles. The zero-order valence-corrected chi connectivity index (χ0v) is 10.6. The van der Waals surface area contributed by atoms with Crippen LogP contribution in [0.2, 0.25) is 10.2 Å². The van der Waals surface area contributed by atoms with Crippen molar-refractivity contribution in [3.63, 3.8) is 0 Å². The average molecular weight is 271 g/mol. The smallest absolute Gasteiger partial charge is 0.140 e. The SMILES string of the molecule is Clc1ccc(SCc2nccc(Cl)n2)cc1. The molecule has 0 saturated heterocycles. The lowest BCUT2D eigenvalue weighted by Gasteiger charge is -2.01. The molecule has 0 bridgehead atoms. The summed E-state index contributed by atoms with van der Waals surface area (Å²) in [6.45, 7) is 0. The molecule has 82 valence electrons. The fourth-order valence-corrected chi connectivity index (χ4v) is 2.17. The second-order valence-electron chi connectivity index (χ2n) is 3.04. The molecule has 0 radical (unpaired) electrons. The Labute approximate surface area is 108 Å². The molecular formula is C11H8Cl2N2S. The van der Waals surface area contributed by atoms with Crippen LogP contribution in [0.15, 0.2) is 41.4 Å². The van der Waals surface area contributed by atoms with Crippen molar-refractivity contribution in [2.24, 2.45) is 0 Å². The number of aromatic nitrogens is 2. The van der Waals surface area contributed by atoms with Gasteiger partial charge in [0.05, 0.1) is 5.75 Å². The van der Waals surface area contributed by atoms with Crippen molar-refractivity contribution in [1.29, 1.82) is 0 Å². The fourth-order valence-electron chi connectivity index (χ4n) is 1.12. The Hall–Kier alpha value is -0.770. The molecule has 2 nitrogen and oxygen atoms in total.